The smallest absolute Gasteiger partial charge is 0.240 e. The highest BCUT2D eigenvalue weighted by Gasteiger charge is 2.28. The van der Waals surface area contributed by atoms with Crippen LogP contribution in [-0.2, 0) is 14.8 Å². The fraction of sp³-hybridized carbons (Fsp3) is 0.208. The Bertz CT molecular complexity index is 1230. The van der Waals surface area contributed by atoms with Crippen LogP contribution in [0.1, 0.15) is 19.3 Å². The molecule has 7 nitrogen and oxygen atoms in total. The number of carbonyl (C=O) groups is 1. The lowest BCUT2D eigenvalue weighted by Gasteiger charge is -2.32. The van der Waals surface area contributed by atoms with Crippen LogP contribution in [0.15, 0.2) is 87.5 Å². The van der Waals surface area contributed by atoms with E-state index in [9.17, 15) is 13.2 Å². The number of para-hydroxylation sites is 2. The van der Waals surface area contributed by atoms with E-state index in [2.05, 4.69) is 44.7 Å². The molecule has 1 saturated carbocycles. The van der Waals surface area contributed by atoms with E-state index in [-0.39, 0.29) is 23.3 Å². The maximum absolute atomic E-state index is 12.5. The first-order valence-corrected chi connectivity index (χ1v) is 13.1. The van der Waals surface area contributed by atoms with E-state index in [0.717, 1.165) is 24.2 Å². The van der Waals surface area contributed by atoms with Crippen LogP contribution in [0.4, 0.5) is 17.1 Å². The van der Waals surface area contributed by atoms with Gasteiger partial charge >= 0.3 is 0 Å². The second-order valence-electron chi connectivity index (χ2n) is 8.03. The maximum Gasteiger partial charge on any atom is 0.240 e. The number of rotatable bonds is 8. The van der Waals surface area contributed by atoms with E-state index in [0.29, 0.717) is 12.2 Å². The number of hydrogen-bond donors (Lipinski definition) is 3. The van der Waals surface area contributed by atoms with E-state index in [4.69, 9.17) is 0 Å². The molecule has 0 bridgehead atoms. The van der Waals surface area contributed by atoms with Crippen molar-refractivity contribution < 1.29 is 13.2 Å². The number of hydrogen-bond acceptors (Lipinski definition) is 6. The molecule has 5 rings (SSSR count). The van der Waals surface area contributed by atoms with Crippen LogP contribution < -0.4 is 20.5 Å². The average molecular weight is 481 g/mol. The standard InChI is InChI=1S/C24H24N4O3S2/c29-24(26-25-17-11-13-19(14-12-17)33(30,31)27-18-9-10-18)15-16-28-20-5-1-3-7-22(20)32-23-8-4-2-6-21(23)28/h1-8,11-14,18,25,27H,9-10,15-16H2,(H,26,29). The summed E-state index contributed by atoms with van der Waals surface area (Å²) in [6.45, 7) is 0.534. The number of amides is 1. The Labute approximate surface area is 197 Å². The third kappa shape index (κ3) is 5.00. The summed E-state index contributed by atoms with van der Waals surface area (Å²) in [7, 11) is -3.49. The minimum atomic E-state index is -3.49. The number of nitrogens with zero attached hydrogens (tertiary/aromatic N) is 1. The molecule has 170 valence electrons. The molecule has 0 radical (unpaired) electrons. The lowest BCUT2D eigenvalue weighted by molar-refractivity contribution is -0.120. The molecule has 1 aliphatic carbocycles. The zero-order chi connectivity index (χ0) is 22.8. The van der Waals surface area contributed by atoms with Crippen LogP contribution in [-0.4, -0.2) is 26.9 Å². The van der Waals surface area contributed by atoms with Gasteiger partial charge in [-0.25, -0.2) is 13.1 Å². The van der Waals surface area contributed by atoms with E-state index >= 15 is 0 Å². The Morgan fingerprint density at radius 1 is 0.909 bits per heavy atom. The highest BCUT2D eigenvalue weighted by atomic mass is 32.2. The molecule has 3 N–H and O–H groups in total. The van der Waals surface area contributed by atoms with Crippen molar-refractivity contribution in [1.29, 1.82) is 0 Å². The van der Waals surface area contributed by atoms with Crippen LogP contribution in [0.3, 0.4) is 0 Å². The van der Waals surface area contributed by atoms with Crippen LogP contribution in [0.2, 0.25) is 0 Å². The van der Waals surface area contributed by atoms with Crippen molar-refractivity contribution in [3.63, 3.8) is 0 Å². The fourth-order valence-corrected chi connectivity index (χ4v) is 6.05. The third-order valence-electron chi connectivity index (χ3n) is 5.50. The fourth-order valence-electron chi connectivity index (χ4n) is 3.65. The number of carbonyl (C=O) groups excluding carboxylic acids is 1. The van der Waals surface area contributed by atoms with E-state index < -0.39 is 10.0 Å². The van der Waals surface area contributed by atoms with Gasteiger partial charge in [0.2, 0.25) is 15.9 Å². The van der Waals surface area contributed by atoms with Gasteiger partial charge in [0.15, 0.2) is 0 Å². The minimum Gasteiger partial charge on any atom is -0.339 e. The minimum absolute atomic E-state index is 0.0597. The normalized spacial score (nSPS) is 14.8. The Morgan fingerprint density at radius 3 is 2.12 bits per heavy atom. The predicted molar refractivity (Wildman–Crippen MR) is 130 cm³/mol. The maximum atomic E-state index is 12.5. The monoisotopic (exact) mass is 480 g/mol. The van der Waals surface area contributed by atoms with Gasteiger partial charge in [0.05, 0.1) is 22.0 Å². The predicted octanol–water partition coefficient (Wildman–Crippen LogP) is 4.26. The van der Waals surface area contributed by atoms with Crippen molar-refractivity contribution in [3.05, 3.63) is 72.8 Å². The molecule has 0 aromatic heterocycles. The van der Waals surface area contributed by atoms with Gasteiger partial charge in [-0.05, 0) is 61.4 Å². The Balaban J connectivity index is 1.19. The first kappa shape index (κ1) is 21.8. The van der Waals surface area contributed by atoms with Gasteiger partial charge in [-0.1, -0.05) is 36.0 Å². The molecule has 0 unspecified atom stereocenters. The summed E-state index contributed by atoms with van der Waals surface area (Å²) in [6.07, 6.45) is 2.06. The summed E-state index contributed by atoms with van der Waals surface area (Å²) >= 11 is 1.74. The van der Waals surface area contributed by atoms with Gasteiger partial charge in [-0.2, -0.15) is 0 Å². The number of anilines is 3. The second kappa shape index (κ2) is 9.09. The molecular weight excluding hydrogens is 456 g/mol. The highest BCUT2D eigenvalue weighted by Crippen LogP contribution is 2.47. The van der Waals surface area contributed by atoms with Gasteiger partial charge in [0.25, 0.3) is 0 Å². The summed E-state index contributed by atoms with van der Waals surface area (Å²) in [5, 5.41) is 0. The largest absolute Gasteiger partial charge is 0.339 e. The van der Waals surface area contributed by atoms with Gasteiger partial charge in [0.1, 0.15) is 0 Å². The summed E-state index contributed by atoms with van der Waals surface area (Å²) < 4.78 is 27.2. The lowest BCUT2D eigenvalue weighted by Crippen LogP contribution is -2.33. The van der Waals surface area contributed by atoms with Crippen molar-refractivity contribution in [3.8, 4) is 0 Å². The zero-order valence-electron chi connectivity index (χ0n) is 17.8. The molecule has 33 heavy (non-hydrogen) atoms. The van der Waals surface area contributed by atoms with Gasteiger partial charge in [-0.3, -0.25) is 15.6 Å². The Kier molecular flexibility index (Phi) is 6.01. The summed E-state index contributed by atoms with van der Waals surface area (Å²) in [4.78, 5) is 17.2. The number of fused-ring (bicyclic) bond motifs is 2. The molecule has 1 heterocycles. The molecule has 1 fully saturated rings. The molecule has 1 amide bonds. The number of hydrazine groups is 1. The zero-order valence-corrected chi connectivity index (χ0v) is 19.5. The quantitative estimate of drug-likeness (QED) is 0.417. The first-order valence-electron chi connectivity index (χ1n) is 10.8. The molecule has 9 heteroatoms. The molecule has 3 aromatic carbocycles. The molecule has 1 aliphatic heterocycles. The number of benzene rings is 3. The van der Waals surface area contributed by atoms with Crippen LogP contribution in [0, 0.1) is 0 Å². The second-order valence-corrected chi connectivity index (χ2v) is 10.8. The molecule has 0 saturated heterocycles. The van der Waals surface area contributed by atoms with Gasteiger partial charge < -0.3 is 4.90 Å². The molecule has 0 spiro atoms. The summed E-state index contributed by atoms with van der Waals surface area (Å²) in [6, 6.07) is 22.8. The van der Waals surface area contributed by atoms with Crippen LogP contribution in [0.25, 0.3) is 0 Å². The molecule has 2 aliphatic rings. The average Bonchev–Trinajstić information content (AvgIpc) is 3.64. The van der Waals surface area contributed by atoms with Crippen molar-refractivity contribution in [1.82, 2.24) is 10.1 Å². The number of sulfonamides is 1. The van der Waals surface area contributed by atoms with Gasteiger partial charge in [-0.15, -0.1) is 0 Å². The first-order chi connectivity index (χ1) is 16.0. The molecule has 0 atom stereocenters. The third-order valence-corrected chi connectivity index (χ3v) is 8.17. The number of nitrogens with one attached hydrogen (secondary N) is 3. The SMILES string of the molecule is O=C(CCN1c2ccccc2Sc2ccccc21)NNc1ccc(S(=O)(=O)NC2CC2)cc1. The van der Waals surface area contributed by atoms with E-state index in [1.165, 1.54) is 21.9 Å². The van der Waals surface area contributed by atoms with Crippen molar-refractivity contribution in [2.75, 3.05) is 16.9 Å². The van der Waals surface area contributed by atoms with Crippen molar-refractivity contribution in [2.24, 2.45) is 0 Å². The lowest BCUT2D eigenvalue weighted by atomic mass is 10.2. The Morgan fingerprint density at radius 2 is 1.52 bits per heavy atom. The van der Waals surface area contributed by atoms with Crippen molar-refractivity contribution in [2.45, 2.75) is 40.0 Å². The van der Waals surface area contributed by atoms with Crippen LogP contribution in [0.5, 0.6) is 0 Å². The van der Waals surface area contributed by atoms with Crippen molar-refractivity contribution >= 4 is 44.8 Å². The van der Waals surface area contributed by atoms with Crippen LogP contribution >= 0.6 is 11.8 Å². The topological polar surface area (TPSA) is 90.5 Å². The Hall–Kier alpha value is -3.01. The van der Waals surface area contributed by atoms with Gasteiger partial charge in [0, 0.05) is 28.8 Å². The summed E-state index contributed by atoms with van der Waals surface area (Å²) in [5.41, 5.74) is 8.37. The molecular formula is C24H24N4O3S2. The van der Waals surface area contributed by atoms with E-state index in [1.807, 2.05) is 24.3 Å². The molecule has 3 aromatic rings. The highest BCUT2D eigenvalue weighted by molar-refractivity contribution is 7.99. The summed E-state index contributed by atoms with van der Waals surface area (Å²) in [5.74, 6) is -0.157. The van der Waals surface area contributed by atoms with E-state index in [1.54, 1.807) is 23.9 Å².